The van der Waals surface area contributed by atoms with Crippen LogP contribution in [0.3, 0.4) is 0 Å². The fourth-order valence-corrected chi connectivity index (χ4v) is 0. The van der Waals surface area contributed by atoms with Crippen LogP contribution in [0.5, 0.6) is 0 Å². The molecule has 1 radical (unpaired) electrons. The number of hydrogen-bond acceptors (Lipinski definition) is 1. The van der Waals surface area contributed by atoms with Gasteiger partial charge >= 0.3 is 7.20 Å². The second-order valence-electron chi connectivity index (χ2n) is 0.372. The van der Waals surface area contributed by atoms with Crippen LogP contribution < -0.4 is 0 Å². The van der Waals surface area contributed by atoms with Crippen molar-refractivity contribution in [1.82, 2.24) is 0 Å². The largest absolute Gasteiger partial charge is 0.438 e. The SMILES string of the molecule is CO[B]P. The molecule has 0 aromatic heterocycles. The highest BCUT2D eigenvalue weighted by atomic mass is 31.0. The first-order valence-electron chi connectivity index (χ1n) is 0.977. The van der Waals surface area contributed by atoms with E-state index in [0.717, 1.165) is 0 Å². The van der Waals surface area contributed by atoms with Crippen LogP contribution in [-0.2, 0) is 4.65 Å². The molecule has 4 heavy (non-hydrogen) atoms. The lowest BCUT2D eigenvalue weighted by atomic mass is 10.6. The quantitative estimate of drug-likeness (QED) is 0.316. The molecule has 0 rings (SSSR count). The number of hydrogen-bond donors (Lipinski definition) is 0. The van der Waals surface area contributed by atoms with Gasteiger partial charge in [0.2, 0.25) is 0 Å². The van der Waals surface area contributed by atoms with Gasteiger partial charge in [-0.15, -0.1) is 9.12 Å². The van der Waals surface area contributed by atoms with Crippen LogP contribution in [0.4, 0.5) is 0 Å². The minimum Gasteiger partial charge on any atom is -0.438 e. The lowest BCUT2D eigenvalue weighted by molar-refractivity contribution is 0.456. The molecule has 0 aliphatic carbocycles. The molecule has 0 N–H and O–H groups in total. The predicted molar refractivity (Wildman–Crippen MR) is 22.5 cm³/mol. The van der Waals surface area contributed by atoms with Crippen molar-refractivity contribution < 1.29 is 4.65 Å². The third-order valence-corrected chi connectivity index (χ3v) is 0.408. The van der Waals surface area contributed by atoms with Crippen LogP contribution in [0.15, 0.2) is 0 Å². The molecule has 0 spiro atoms. The maximum Gasteiger partial charge on any atom is 0.317 e. The lowest BCUT2D eigenvalue weighted by Gasteiger charge is -1.72. The van der Waals surface area contributed by atoms with Gasteiger partial charge in [-0.2, -0.15) is 0 Å². The van der Waals surface area contributed by atoms with Crippen LogP contribution >= 0.6 is 9.12 Å². The summed E-state index contributed by atoms with van der Waals surface area (Å²) in [6.45, 7) is 0. The molecular formula is CH5BOP. The molecule has 3 heteroatoms. The molecule has 0 amide bonds. The molecule has 0 aromatic rings. The van der Waals surface area contributed by atoms with E-state index in [1.807, 2.05) is 0 Å². The Morgan fingerprint density at radius 3 is 2.25 bits per heavy atom. The van der Waals surface area contributed by atoms with Crippen LogP contribution in [0, 0.1) is 0 Å². The summed E-state index contributed by atoms with van der Waals surface area (Å²) in [5, 5.41) is 0. The van der Waals surface area contributed by atoms with Gasteiger partial charge in [0.25, 0.3) is 0 Å². The first-order chi connectivity index (χ1) is 1.91. The van der Waals surface area contributed by atoms with Crippen molar-refractivity contribution in [3.05, 3.63) is 0 Å². The molecule has 0 bridgehead atoms. The van der Waals surface area contributed by atoms with Gasteiger partial charge < -0.3 is 4.65 Å². The van der Waals surface area contributed by atoms with E-state index in [1.165, 1.54) is 0 Å². The molecule has 23 valence electrons. The van der Waals surface area contributed by atoms with Crippen molar-refractivity contribution in [2.45, 2.75) is 0 Å². The monoisotopic (exact) mass is 75.0 g/mol. The van der Waals surface area contributed by atoms with Gasteiger partial charge in [0.05, 0.1) is 0 Å². The van der Waals surface area contributed by atoms with Crippen molar-refractivity contribution in [2.24, 2.45) is 0 Å². The predicted octanol–water partition coefficient (Wildman–Crippen LogP) is 0.0421. The van der Waals surface area contributed by atoms with Crippen LogP contribution in [0.1, 0.15) is 0 Å². The molecule has 0 saturated carbocycles. The summed E-state index contributed by atoms with van der Waals surface area (Å²) in [5.41, 5.74) is 0. The van der Waals surface area contributed by atoms with E-state index in [1.54, 1.807) is 14.3 Å². The molecule has 0 fully saturated rings. The Hall–Kier alpha value is 0.455. The zero-order valence-corrected chi connectivity index (χ0v) is 3.72. The molecule has 0 aromatic carbocycles. The topological polar surface area (TPSA) is 9.23 Å². The molecule has 0 saturated heterocycles. The van der Waals surface area contributed by atoms with Crippen molar-refractivity contribution in [3.8, 4) is 0 Å². The van der Waals surface area contributed by atoms with E-state index in [2.05, 4.69) is 13.8 Å². The average Bonchev–Trinajstić information content (AvgIpc) is 1.37. The van der Waals surface area contributed by atoms with Crippen molar-refractivity contribution in [1.29, 1.82) is 0 Å². The summed E-state index contributed by atoms with van der Waals surface area (Å²) in [6, 6.07) is 0. The molecule has 0 aliphatic rings. The lowest BCUT2D eigenvalue weighted by Crippen LogP contribution is -1.74. The molecule has 1 unspecified atom stereocenters. The van der Waals surface area contributed by atoms with E-state index in [-0.39, 0.29) is 0 Å². The van der Waals surface area contributed by atoms with Gasteiger partial charge in [-0.1, -0.05) is 0 Å². The molecule has 0 aliphatic heterocycles. The van der Waals surface area contributed by atoms with Crippen molar-refractivity contribution in [3.63, 3.8) is 0 Å². The first kappa shape index (κ1) is 4.45. The van der Waals surface area contributed by atoms with Gasteiger partial charge in [-0.3, -0.25) is 0 Å². The Morgan fingerprint density at radius 2 is 2.25 bits per heavy atom. The summed E-state index contributed by atoms with van der Waals surface area (Å²) in [4.78, 5) is 0. The maximum absolute atomic E-state index is 4.38. The molecular weight excluding hydrogens is 69.8 g/mol. The Bertz CT molecular complexity index is 10.0. The van der Waals surface area contributed by atoms with Crippen LogP contribution in [0.2, 0.25) is 0 Å². The summed E-state index contributed by atoms with van der Waals surface area (Å²) in [5.74, 6) is 0. The third kappa shape index (κ3) is 2.45. The molecule has 1 atom stereocenters. The smallest absolute Gasteiger partial charge is 0.317 e. The van der Waals surface area contributed by atoms with Crippen LogP contribution in [0.25, 0.3) is 0 Å². The number of rotatable bonds is 1. The van der Waals surface area contributed by atoms with E-state index in [4.69, 9.17) is 0 Å². The minimum atomic E-state index is 1.54. The Kier molecular flexibility index (Phi) is 3.85. The summed E-state index contributed by atoms with van der Waals surface area (Å²) >= 11 is 0. The second kappa shape index (κ2) is 3.45. The molecule has 1 nitrogen and oxygen atoms in total. The normalized spacial score (nSPS) is 6.50. The second-order valence-corrected chi connectivity index (χ2v) is 0.644. The molecule has 0 heterocycles. The highest BCUT2D eigenvalue weighted by Crippen LogP contribution is 1.68. The third-order valence-electron chi connectivity index (χ3n) is 0.136. The summed E-state index contributed by atoms with van der Waals surface area (Å²) < 4.78 is 4.38. The van der Waals surface area contributed by atoms with E-state index >= 15 is 0 Å². The maximum atomic E-state index is 4.38. The zero-order valence-electron chi connectivity index (χ0n) is 2.56. The van der Waals surface area contributed by atoms with E-state index in [0.29, 0.717) is 0 Å². The highest BCUT2D eigenvalue weighted by molar-refractivity contribution is 7.54. The van der Waals surface area contributed by atoms with Gasteiger partial charge in [0, 0.05) is 7.11 Å². The minimum absolute atomic E-state index is 1.54. The highest BCUT2D eigenvalue weighted by Gasteiger charge is 1.60. The Labute approximate surface area is 29.2 Å². The Balaban J connectivity index is 1.97. The van der Waals surface area contributed by atoms with Gasteiger partial charge in [-0.25, -0.2) is 0 Å². The van der Waals surface area contributed by atoms with Crippen molar-refractivity contribution in [2.75, 3.05) is 7.11 Å². The van der Waals surface area contributed by atoms with Crippen LogP contribution in [-0.4, -0.2) is 14.3 Å². The summed E-state index contributed by atoms with van der Waals surface area (Å²) in [6.07, 6.45) is 0. The fraction of sp³-hybridized carbons (Fsp3) is 1.00. The average molecular weight is 74.8 g/mol. The van der Waals surface area contributed by atoms with E-state index in [9.17, 15) is 0 Å². The zero-order chi connectivity index (χ0) is 3.41. The Morgan fingerprint density at radius 1 is 2.00 bits per heavy atom. The standard InChI is InChI=1S/CH5BOP/c1-3-2-4/h4H2,1H3. The first-order valence-corrected chi connectivity index (χ1v) is 1.64. The fourth-order valence-electron chi connectivity index (χ4n) is 0. The van der Waals surface area contributed by atoms with Gasteiger partial charge in [0.1, 0.15) is 0 Å². The van der Waals surface area contributed by atoms with Crippen molar-refractivity contribution >= 4 is 16.3 Å². The van der Waals surface area contributed by atoms with Gasteiger partial charge in [0.15, 0.2) is 0 Å². The van der Waals surface area contributed by atoms with E-state index < -0.39 is 0 Å². The summed E-state index contributed by atoms with van der Waals surface area (Å²) in [7, 11) is 5.45. The van der Waals surface area contributed by atoms with Gasteiger partial charge in [-0.05, 0) is 0 Å².